The average Bonchev–Trinajstić information content (AvgIpc) is 2.87. The zero-order chi connectivity index (χ0) is 23.9. The maximum absolute atomic E-state index is 13.3. The molecule has 0 N–H and O–H groups in total. The topological polar surface area (TPSA) is 23.6 Å². The summed E-state index contributed by atoms with van der Waals surface area (Å²) in [6.07, 6.45) is 29.6. The number of Topliss-reactive ketones (excluding diaryl/α,β-unsaturated/α-hetero) is 1. The molecule has 0 saturated carbocycles. The van der Waals surface area contributed by atoms with Crippen LogP contribution in [0.1, 0.15) is 109 Å². The van der Waals surface area contributed by atoms with Gasteiger partial charge in [-0.05, 0) is 95.1 Å². The number of nitrogens with zero attached hydrogens (tertiary/aromatic N) is 2. The lowest BCUT2D eigenvalue weighted by atomic mass is 9.64. The van der Waals surface area contributed by atoms with E-state index in [2.05, 4.69) is 28.0 Å². The molecule has 2 unspecified atom stereocenters. The summed E-state index contributed by atoms with van der Waals surface area (Å²) in [4.78, 5) is 18.9. The molecule has 2 fully saturated rings. The third-order valence-electron chi connectivity index (χ3n) is 10.2. The van der Waals surface area contributed by atoms with Gasteiger partial charge in [-0.15, -0.1) is 0 Å². The minimum absolute atomic E-state index is 0.319. The predicted octanol–water partition coefficient (Wildman–Crippen LogP) is 7.18. The van der Waals surface area contributed by atoms with E-state index in [0.29, 0.717) is 23.7 Å². The number of hydrogen-bond donors (Lipinski definition) is 0. The van der Waals surface area contributed by atoms with E-state index in [0.717, 1.165) is 31.2 Å². The van der Waals surface area contributed by atoms with E-state index in [1.54, 1.807) is 5.57 Å². The van der Waals surface area contributed by atoms with Crippen molar-refractivity contribution in [1.29, 1.82) is 0 Å². The normalized spacial score (nSPS) is 39.5. The largest absolute Gasteiger partial charge is 0.299 e. The summed E-state index contributed by atoms with van der Waals surface area (Å²) in [6, 6.07) is 0.535. The standard InChI is InChI=1S/C32H52N2O/c35-31-19-22-34-21-18-28-27-23-26-15-11-8-9-13-17-30(31)32(34)29(28)16-12-7-5-3-1-2-4-6-10-14-20-33(24-26)25-27/h2,4,23,27-30,32H,1,3,5-22,24-25H2/b4-2-/t27?,28-,29-,30-,32-/m1/s1. The molecule has 196 valence electrons. The summed E-state index contributed by atoms with van der Waals surface area (Å²) in [6.45, 7) is 6.04. The molecule has 0 spiro atoms. The molecule has 6 bridgehead atoms. The van der Waals surface area contributed by atoms with Gasteiger partial charge in [-0.1, -0.05) is 62.3 Å². The van der Waals surface area contributed by atoms with Crippen LogP contribution in [0.5, 0.6) is 0 Å². The van der Waals surface area contributed by atoms with E-state index >= 15 is 0 Å². The van der Waals surface area contributed by atoms with Crippen molar-refractivity contribution in [2.24, 2.45) is 23.7 Å². The van der Waals surface area contributed by atoms with Crippen molar-refractivity contribution in [3.63, 3.8) is 0 Å². The van der Waals surface area contributed by atoms with Crippen LogP contribution in [0.3, 0.4) is 0 Å². The maximum atomic E-state index is 13.3. The molecule has 3 nitrogen and oxygen atoms in total. The zero-order valence-electron chi connectivity index (χ0n) is 22.5. The fraction of sp³-hybridized carbons (Fsp3) is 0.844. The fourth-order valence-electron chi connectivity index (χ4n) is 8.44. The van der Waals surface area contributed by atoms with Gasteiger partial charge in [-0.2, -0.15) is 0 Å². The Kier molecular flexibility index (Phi) is 9.58. The van der Waals surface area contributed by atoms with Gasteiger partial charge in [0.05, 0.1) is 0 Å². The van der Waals surface area contributed by atoms with Gasteiger partial charge < -0.3 is 0 Å². The van der Waals surface area contributed by atoms with Crippen molar-refractivity contribution in [1.82, 2.24) is 9.80 Å². The van der Waals surface area contributed by atoms with Crippen molar-refractivity contribution in [3.8, 4) is 0 Å². The van der Waals surface area contributed by atoms with Crippen molar-refractivity contribution in [2.75, 3.05) is 32.7 Å². The van der Waals surface area contributed by atoms with Gasteiger partial charge in [0.1, 0.15) is 5.78 Å². The van der Waals surface area contributed by atoms with Crippen molar-refractivity contribution in [3.05, 3.63) is 23.8 Å². The van der Waals surface area contributed by atoms with Gasteiger partial charge in [-0.25, -0.2) is 0 Å². The van der Waals surface area contributed by atoms with E-state index in [1.807, 2.05) is 0 Å². The molecule has 0 radical (unpaired) electrons. The Bertz CT molecular complexity index is 742. The predicted molar refractivity (Wildman–Crippen MR) is 146 cm³/mol. The molecule has 4 aliphatic heterocycles. The molecule has 6 atom stereocenters. The van der Waals surface area contributed by atoms with E-state index in [1.165, 1.54) is 122 Å². The van der Waals surface area contributed by atoms with E-state index < -0.39 is 0 Å². The summed E-state index contributed by atoms with van der Waals surface area (Å²) < 4.78 is 0. The van der Waals surface area contributed by atoms with Crippen LogP contribution in [-0.2, 0) is 4.79 Å². The molecule has 5 rings (SSSR count). The van der Waals surface area contributed by atoms with E-state index in [4.69, 9.17) is 0 Å². The maximum Gasteiger partial charge on any atom is 0.138 e. The van der Waals surface area contributed by atoms with E-state index in [-0.39, 0.29) is 0 Å². The Morgan fingerprint density at radius 1 is 0.686 bits per heavy atom. The minimum Gasteiger partial charge on any atom is -0.299 e. The van der Waals surface area contributed by atoms with Crippen LogP contribution in [0, 0.1) is 23.7 Å². The third kappa shape index (κ3) is 6.69. The smallest absolute Gasteiger partial charge is 0.138 e. The van der Waals surface area contributed by atoms with Crippen LogP contribution >= 0.6 is 0 Å². The van der Waals surface area contributed by atoms with E-state index in [9.17, 15) is 4.79 Å². The Labute approximate surface area is 215 Å². The number of carbonyl (C=O) groups is 1. The second-order valence-corrected chi connectivity index (χ2v) is 12.6. The Balaban J connectivity index is 1.44. The molecular weight excluding hydrogens is 428 g/mol. The molecule has 0 aromatic carbocycles. The first-order valence-electron chi connectivity index (χ1n) is 15.6. The van der Waals surface area contributed by atoms with Gasteiger partial charge >= 0.3 is 0 Å². The van der Waals surface area contributed by atoms with Crippen molar-refractivity contribution >= 4 is 5.78 Å². The van der Waals surface area contributed by atoms with Crippen LogP contribution in [0.2, 0.25) is 0 Å². The van der Waals surface area contributed by atoms with Crippen LogP contribution < -0.4 is 0 Å². The summed E-state index contributed by atoms with van der Waals surface area (Å²) in [7, 11) is 0. The van der Waals surface area contributed by atoms with Crippen LogP contribution in [0.4, 0.5) is 0 Å². The summed E-state index contributed by atoms with van der Waals surface area (Å²) in [5, 5.41) is 0. The SMILES string of the molecule is O=C1CCN2CC[C@@H]3C4C=C5CCCCCC[C@H]1[C@H]2[C@@H]3CCCCCC/C=C\CCCCN(C5)C4. The molecular formula is C32H52N2O. The number of piperidine rings is 2. The highest BCUT2D eigenvalue weighted by molar-refractivity contribution is 5.82. The lowest BCUT2D eigenvalue weighted by Crippen LogP contribution is -2.59. The second-order valence-electron chi connectivity index (χ2n) is 12.6. The molecule has 0 aromatic rings. The van der Waals surface area contributed by atoms with Crippen molar-refractivity contribution in [2.45, 2.75) is 115 Å². The van der Waals surface area contributed by atoms with Crippen LogP contribution in [-0.4, -0.2) is 54.3 Å². The summed E-state index contributed by atoms with van der Waals surface area (Å²) in [5.41, 5.74) is 1.75. The number of ketones is 1. The molecule has 5 aliphatic rings. The highest BCUT2D eigenvalue weighted by Gasteiger charge is 2.48. The minimum atomic E-state index is 0.319. The van der Waals surface area contributed by atoms with Gasteiger partial charge in [0, 0.05) is 38.0 Å². The quantitative estimate of drug-likeness (QED) is 0.343. The van der Waals surface area contributed by atoms with Gasteiger partial charge in [0.2, 0.25) is 0 Å². The highest BCUT2D eigenvalue weighted by atomic mass is 16.1. The summed E-state index contributed by atoms with van der Waals surface area (Å²) >= 11 is 0. The average molecular weight is 481 g/mol. The number of hydrogen-bond acceptors (Lipinski definition) is 3. The van der Waals surface area contributed by atoms with Gasteiger partial charge in [0.15, 0.2) is 0 Å². The Morgan fingerprint density at radius 3 is 2.34 bits per heavy atom. The second kappa shape index (κ2) is 13.0. The number of rotatable bonds is 0. The first-order valence-corrected chi connectivity index (χ1v) is 15.6. The number of carbonyl (C=O) groups excluding carboxylic acids is 1. The molecule has 35 heavy (non-hydrogen) atoms. The lowest BCUT2D eigenvalue weighted by Gasteiger charge is -2.53. The van der Waals surface area contributed by atoms with Gasteiger partial charge in [-0.3, -0.25) is 14.6 Å². The van der Waals surface area contributed by atoms with Gasteiger partial charge in [0.25, 0.3) is 0 Å². The van der Waals surface area contributed by atoms with Crippen LogP contribution in [0.25, 0.3) is 0 Å². The highest BCUT2D eigenvalue weighted by Crippen LogP contribution is 2.45. The molecule has 1 aliphatic carbocycles. The van der Waals surface area contributed by atoms with Crippen molar-refractivity contribution < 1.29 is 4.79 Å². The Morgan fingerprint density at radius 2 is 1.46 bits per heavy atom. The monoisotopic (exact) mass is 480 g/mol. The zero-order valence-corrected chi connectivity index (χ0v) is 22.5. The fourth-order valence-corrected chi connectivity index (χ4v) is 8.44. The Hall–Kier alpha value is -0.930. The third-order valence-corrected chi connectivity index (χ3v) is 10.2. The first-order chi connectivity index (χ1) is 17.3. The number of allylic oxidation sites excluding steroid dienone is 2. The lowest BCUT2D eigenvalue weighted by molar-refractivity contribution is -0.135. The summed E-state index contributed by atoms with van der Waals surface area (Å²) in [5.74, 6) is 3.13. The first kappa shape index (κ1) is 25.7. The number of fused-ring (bicyclic) bond motifs is 1. The molecule has 0 amide bonds. The molecule has 3 heteroatoms. The molecule has 0 aromatic heterocycles. The van der Waals surface area contributed by atoms with Crippen LogP contribution in [0.15, 0.2) is 23.8 Å². The molecule has 2 saturated heterocycles. The molecule has 4 heterocycles.